The standard InChI is InChI=1S/C19H17ClN2O3/c1-12-5-4-6-18-21-17(11-19(23)22(12)18)16(20)9-13-7-14(24-2)10-15(8-13)25-3/h4-11H,1-3H3/b16-9-. The number of fused-ring (bicyclic) bond motifs is 1. The molecule has 5 nitrogen and oxygen atoms in total. The number of aryl methyl sites for hydroxylation is 1. The van der Waals surface area contributed by atoms with Gasteiger partial charge in [0.2, 0.25) is 0 Å². The van der Waals surface area contributed by atoms with Gasteiger partial charge in [0.25, 0.3) is 5.56 Å². The summed E-state index contributed by atoms with van der Waals surface area (Å²) in [6.07, 6.45) is 1.72. The summed E-state index contributed by atoms with van der Waals surface area (Å²) in [6, 6.07) is 12.3. The minimum Gasteiger partial charge on any atom is -0.497 e. The van der Waals surface area contributed by atoms with Crippen LogP contribution in [-0.4, -0.2) is 23.6 Å². The number of benzene rings is 1. The number of ether oxygens (including phenoxy) is 2. The predicted molar refractivity (Wildman–Crippen MR) is 99.5 cm³/mol. The molecule has 0 fully saturated rings. The van der Waals surface area contributed by atoms with Crippen LogP contribution in [-0.2, 0) is 0 Å². The van der Waals surface area contributed by atoms with Gasteiger partial charge in [-0.1, -0.05) is 17.7 Å². The van der Waals surface area contributed by atoms with Gasteiger partial charge in [0.05, 0.1) is 24.9 Å². The van der Waals surface area contributed by atoms with Gasteiger partial charge >= 0.3 is 0 Å². The van der Waals surface area contributed by atoms with Crippen molar-refractivity contribution in [2.45, 2.75) is 6.92 Å². The fourth-order valence-electron chi connectivity index (χ4n) is 2.57. The average molecular weight is 357 g/mol. The molecule has 0 saturated carbocycles. The van der Waals surface area contributed by atoms with E-state index in [9.17, 15) is 4.79 Å². The Labute approximate surface area is 150 Å². The molecule has 0 saturated heterocycles. The number of methoxy groups -OCH3 is 2. The quantitative estimate of drug-likeness (QED) is 0.714. The van der Waals surface area contributed by atoms with Crippen molar-refractivity contribution in [3.05, 3.63) is 69.8 Å². The van der Waals surface area contributed by atoms with Gasteiger partial charge < -0.3 is 9.47 Å². The smallest absolute Gasteiger partial charge is 0.258 e. The molecule has 0 radical (unpaired) electrons. The van der Waals surface area contributed by atoms with E-state index >= 15 is 0 Å². The second-order valence-electron chi connectivity index (χ2n) is 5.48. The van der Waals surface area contributed by atoms with Crippen molar-refractivity contribution in [3.63, 3.8) is 0 Å². The molecule has 2 heterocycles. The second-order valence-corrected chi connectivity index (χ2v) is 5.89. The van der Waals surface area contributed by atoms with Crippen LogP contribution < -0.4 is 15.0 Å². The summed E-state index contributed by atoms with van der Waals surface area (Å²) in [4.78, 5) is 16.9. The average Bonchev–Trinajstić information content (AvgIpc) is 2.61. The van der Waals surface area contributed by atoms with E-state index in [-0.39, 0.29) is 5.56 Å². The van der Waals surface area contributed by atoms with E-state index < -0.39 is 0 Å². The molecule has 0 aliphatic carbocycles. The zero-order chi connectivity index (χ0) is 18.0. The third kappa shape index (κ3) is 3.51. The summed E-state index contributed by atoms with van der Waals surface area (Å²) in [7, 11) is 3.16. The Balaban J connectivity index is 2.09. The SMILES string of the molecule is COc1cc(/C=C(\Cl)c2cc(=O)n3c(C)cccc3n2)cc(OC)c1. The zero-order valence-corrected chi connectivity index (χ0v) is 14.9. The fraction of sp³-hybridized carbons (Fsp3) is 0.158. The van der Waals surface area contributed by atoms with Crippen LogP contribution >= 0.6 is 11.6 Å². The first-order valence-electron chi connectivity index (χ1n) is 7.62. The van der Waals surface area contributed by atoms with Crippen molar-refractivity contribution in [1.82, 2.24) is 9.38 Å². The Morgan fingerprint density at radius 2 is 1.80 bits per heavy atom. The molecule has 0 bridgehead atoms. The lowest BCUT2D eigenvalue weighted by atomic mass is 10.1. The first-order valence-corrected chi connectivity index (χ1v) is 7.99. The van der Waals surface area contributed by atoms with Crippen molar-refractivity contribution >= 4 is 28.4 Å². The van der Waals surface area contributed by atoms with E-state index in [0.29, 0.717) is 27.9 Å². The van der Waals surface area contributed by atoms with Crippen LogP contribution in [0.4, 0.5) is 0 Å². The second kappa shape index (κ2) is 6.99. The summed E-state index contributed by atoms with van der Waals surface area (Å²) in [5, 5.41) is 0.358. The minimum absolute atomic E-state index is 0.173. The van der Waals surface area contributed by atoms with Crippen molar-refractivity contribution in [2.75, 3.05) is 14.2 Å². The summed E-state index contributed by atoms with van der Waals surface area (Å²) in [5.74, 6) is 1.30. The summed E-state index contributed by atoms with van der Waals surface area (Å²) >= 11 is 6.41. The minimum atomic E-state index is -0.173. The maximum Gasteiger partial charge on any atom is 0.258 e. The number of nitrogens with zero attached hydrogens (tertiary/aromatic N) is 2. The predicted octanol–water partition coefficient (Wildman–Crippen LogP) is 3.76. The van der Waals surface area contributed by atoms with Crippen LogP contribution in [0.3, 0.4) is 0 Å². The number of pyridine rings is 1. The molecule has 2 aromatic heterocycles. The van der Waals surface area contributed by atoms with E-state index in [1.165, 1.54) is 6.07 Å². The normalized spacial score (nSPS) is 11.6. The number of halogens is 1. The van der Waals surface area contributed by atoms with Gasteiger partial charge in [-0.2, -0.15) is 0 Å². The molecule has 0 atom stereocenters. The molecule has 3 rings (SSSR count). The maximum absolute atomic E-state index is 12.4. The molecule has 25 heavy (non-hydrogen) atoms. The van der Waals surface area contributed by atoms with E-state index in [2.05, 4.69) is 4.98 Å². The van der Waals surface area contributed by atoms with Crippen LogP contribution in [0.15, 0.2) is 47.3 Å². The van der Waals surface area contributed by atoms with E-state index in [1.807, 2.05) is 31.2 Å². The third-order valence-electron chi connectivity index (χ3n) is 3.79. The molecule has 6 heteroatoms. The van der Waals surface area contributed by atoms with Gasteiger partial charge in [-0.05, 0) is 42.8 Å². The highest BCUT2D eigenvalue weighted by Gasteiger charge is 2.08. The van der Waals surface area contributed by atoms with Crippen LogP contribution in [0, 0.1) is 6.92 Å². The van der Waals surface area contributed by atoms with Crippen molar-refractivity contribution in [3.8, 4) is 11.5 Å². The first-order chi connectivity index (χ1) is 12.0. The number of hydrogen-bond acceptors (Lipinski definition) is 4. The summed E-state index contributed by atoms with van der Waals surface area (Å²) in [5.41, 5.74) is 2.40. The van der Waals surface area contributed by atoms with Gasteiger partial charge in [-0.25, -0.2) is 4.98 Å². The highest BCUT2D eigenvalue weighted by Crippen LogP contribution is 2.27. The maximum atomic E-state index is 12.4. The Morgan fingerprint density at radius 1 is 1.12 bits per heavy atom. The molecule has 0 aliphatic rings. The number of aromatic nitrogens is 2. The topological polar surface area (TPSA) is 52.8 Å². The molecule has 128 valence electrons. The van der Waals surface area contributed by atoms with Crippen LogP contribution in [0.25, 0.3) is 16.8 Å². The monoisotopic (exact) mass is 356 g/mol. The van der Waals surface area contributed by atoms with Gasteiger partial charge in [0, 0.05) is 17.8 Å². The Kier molecular flexibility index (Phi) is 4.76. The van der Waals surface area contributed by atoms with Gasteiger partial charge in [-0.15, -0.1) is 0 Å². The molecule has 3 aromatic rings. The Morgan fingerprint density at radius 3 is 2.44 bits per heavy atom. The number of hydrogen-bond donors (Lipinski definition) is 0. The van der Waals surface area contributed by atoms with E-state index in [1.54, 1.807) is 36.8 Å². The van der Waals surface area contributed by atoms with Crippen molar-refractivity contribution in [2.24, 2.45) is 0 Å². The molecule has 0 aliphatic heterocycles. The Hall–Kier alpha value is -2.79. The lowest BCUT2D eigenvalue weighted by molar-refractivity contribution is 0.394. The summed E-state index contributed by atoms with van der Waals surface area (Å²) < 4.78 is 12.1. The summed E-state index contributed by atoms with van der Waals surface area (Å²) in [6.45, 7) is 1.86. The van der Waals surface area contributed by atoms with Crippen LogP contribution in [0.1, 0.15) is 17.0 Å². The van der Waals surface area contributed by atoms with Crippen LogP contribution in [0.5, 0.6) is 11.5 Å². The van der Waals surface area contributed by atoms with Gasteiger partial charge in [-0.3, -0.25) is 9.20 Å². The fourth-order valence-corrected chi connectivity index (χ4v) is 2.79. The van der Waals surface area contributed by atoms with Crippen molar-refractivity contribution in [1.29, 1.82) is 0 Å². The molecular formula is C19H17ClN2O3. The van der Waals surface area contributed by atoms with Crippen molar-refractivity contribution < 1.29 is 9.47 Å². The lowest BCUT2D eigenvalue weighted by Gasteiger charge is -2.08. The zero-order valence-electron chi connectivity index (χ0n) is 14.1. The molecule has 1 aromatic carbocycles. The van der Waals surface area contributed by atoms with Gasteiger partial charge in [0.15, 0.2) is 0 Å². The molecule has 0 spiro atoms. The van der Waals surface area contributed by atoms with Gasteiger partial charge in [0.1, 0.15) is 17.1 Å². The highest BCUT2D eigenvalue weighted by atomic mass is 35.5. The lowest BCUT2D eigenvalue weighted by Crippen LogP contribution is -2.16. The highest BCUT2D eigenvalue weighted by molar-refractivity contribution is 6.51. The van der Waals surface area contributed by atoms with E-state index in [4.69, 9.17) is 21.1 Å². The molecular weight excluding hydrogens is 340 g/mol. The molecule has 0 unspecified atom stereocenters. The molecule has 0 amide bonds. The van der Waals surface area contributed by atoms with Crippen LogP contribution in [0.2, 0.25) is 0 Å². The van der Waals surface area contributed by atoms with E-state index in [0.717, 1.165) is 11.3 Å². The third-order valence-corrected chi connectivity index (χ3v) is 4.09. The molecule has 0 N–H and O–H groups in total. The number of rotatable bonds is 4. The first kappa shape index (κ1) is 17.0. The largest absolute Gasteiger partial charge is 0.497 e. The Bertz CT molecular complexity index is 1000.